The molecule has 70 valence electrons. The topological polar surface area (TPSA) is 3.24 Å². The highest BCUT2D eigenvalue weighted by atomic mass is 19.4. The minimum absolute atomic E-state index is 0.293. The predicted molar refractivity (Wildman–Crippen MR) is 36.1 cm³/mol. The van der Waals surface area contributed by atoms with Crippen LogP contribution < -0.4 is 0 Å². The molecular weight excluding hydrogens is 174 g/mol. The van der Waals surface area contributed by atoms with E-state index in [0.29, 0.717) is 13.1 Å². The molecule has 1 heterocycles. The second-order valence-electron chi connectivity index (χ2n) is 2.70. The third kappa shape index (κ3) is 2.71. The van der Waals surface area contributed by atoms with Crippen LogP contribution >= 0.6 is 0 Å². The standard InChI is InChI=1S/C7H9F4N/c8-6(5-7(9,10)11)12-3-1-2-4-12/h5H,1-4H2/b6-5+. The number of rotatable bonds is 1. The summed E-state index contributed by atoms with van der Waals surface area (Å²) in [5, 5.41) is 0. The molecule has 1 nitrogen and oxygen atoms in total. The van der Waals surface area contributed by atoms with Crippen molar-refractivity contribution in [2.75, 3.05) is 13.1 Å². The lowest BCUT2D eigenvalue weighted by Crippen LogP contribution is -2.18. The molecule has 0 atom stereocenters. The summed E-state index contributed by atoms with van der Waals surface area (Å²) in [6.07, 6.45) is -3.32. The van der Waals surface area contributed by atoms with Gasteiger partial charge in [0.1, 0.15) is 0 Å². The van der Waals surface area contributed by atoms with Gasteiger partial charge in [0.05, 0.1) is 6.08 Å². The van der Waals surface area contributed by atoms with Crippen LogP contribution in [0, 0.1) is 0 Å². The molecule has 0 aliphatic carbocycles. The highest BCUT2D eigenvalue weighted by molar-refractivity contribution is 4.97. The molecule has 0 saturated carbocycles. The van der Waals surface area contributed by atoms with Gasteiger partial charge in [0, 0.05) is 13.1 Å². The van der Waals surface area contributed by atoms with Gasteiger partial charge in [0.2, 0.25) is 0 Å². The number of hydrogen-bond donors (Lipinski definition) is 0. The molecule has 0 aromatic carbocycles. The second-order valence-corrected chi connectivity index (χ2v) is 2.70. The highest BCUT2D eigenvalue weighted by Crippen LogP contribution is 2.23. The molecule has 0 spiro atoms. The maximum atomic E-state index is 12.7. The number of allylic oxidation sites excluding steroid dienone is 1. The number of halogens is 4. The van der Waals surface area contributed by atoms with Crippen LogP contribution in [-0.2, 0) is 0 Å². The van der Waals surface area contributed by atoms with Crippen molar-refractivity contribution in [1.82, 2.24) is 4.90 Å². The fourth-order valence-electron chi connectivity index (χ4n) is 1.16. The quantitative estimate of drug-likeness (QED) is 0.446. The van der Waals surface area contributed by atoms with Gasteiger partial charge in [-0.2, -0.15) is 17.6 Å². The largest absolute Gasteiger partial charge is 0.414 e. The number of alkyl halides is 3. The number of likely N-dealkylation sites (tertiary alicyclic amines) is 1. The molecule has 0 aromatic heterocycles. The zero-order valence-corrected chi connectivity index (χ0v) is 6.36. The minimum atomic E-state index is -4.55. The fraction of sp³-hybridized carbons (Fsp3) is 0.714. The minimum Gasteiger partial charge on any atom is -0.349 e. The molecule has 0 unspecified atom stereocenters. The Morgan fingerprint density at radius 3 is 2.08 bits per heavy atom. The van der Waals surface area contributed by atoms with Crippen LogP contribution in [0.1, 0.15) is 12.8 Å². The molecule has 0 amide bonds. The zero-order chi connectivity index (χ0) is 9.19. The van der Waals surface area contributed by atoms with E-state index in [4.69, 9.17) is 0 Å². The van der Waals surface area contributed by atoms with Crippen molar-refractivity contribution < 1.29 is 17.6 Å². The van der Waals surface area contributed by atoms with Crippen molar-refractivity contribution in [2.45, 2.75) is 19.0 Å². The van der Waals surface area contributed by atoms with Crippen LogP contribution in [0.15, 0.2) is 12.0 Å². The van der Waals surface area contributed by atoms with Crippen molar-refractivity contribution >= 4 is 0 Å². The molecule has 1 saturated heterocycles. The van der Waals surface area contributed by atoms with E-state index in [1.54, 1.807) is 0 Å². The average molecular weight is 183 g/mol. The Morgan fingerprint density at radius 1 is 1.17 bits per heavy atom. The average Bonchev–Trinajstić information content (AvgIpc) is 2.32. The molecule has 0 N–H and O–H groups in total. The summed E-state index contributed by atoms with van der Waals surface area (Å²) in [6, 6.07) is 0. The lowest BCUT2D eigenvalue weighted by atomic mass is 10.4. The van der Waals surface area contributed by atoms with Gasteiger partial charge in [0.25, 0.3) is 0 Å². The maximum absolute atomic E-state index is 12.7. The van der Waals surface area contributed by atoms with Crippen LogP contribution in [0.3, 0.4) is 0 Å². The van der Waals surface area contributed by atoms with Gasteiger partial charge in [-0.25, -0.2) is 0 Å². The smallest absolute Gasteiger partial charge is 0.349 e. The van der Waals surface area contributed by atoms with Gasteiger partial charge in [-0.1, -0.05) is 0 Å². The third-order valence-electron chi connectivity index (χ3n) is 1.69. The van der Waals surface area contributed by atoms with Crippen molar-refractivity contribution in [2.24, 2.45) is 0 Å². The first-order chi connectivity index (χ1) is 5.49. The molecule has 0 aromatic rings. The molecule has 1 rings (SSSR count). The summed E-state index contributed by atoms with van der Waals surface area (Å²) in [5.74, 6) is -1.17. The van der Waals surface area contributed by atoms with E-state index in [0.717, 1.165) is 17.7 Å². The second kappa shape index (κ2) is 3.33. The SMILES string of the molecule is F/C(=C\C(F)(F)F)N1CCCC1. The fourth-order valence-corrected chi connectivity index (χ4v) is 1.16. The predicted octanol–water partition coefficient (Wildman–Crippen LogP) is 2.46. The van der Waals surface area contributed by atoms with Crippen LogP contribution in [0.5, 0.6) is 0 Å². The Hall–Kier alpha value is -0.740. The van der Waals surface area contributed by atoms with Gasteiger partial charge in [0.15, 0.2) is 5.95 Å². The molecule has 0 bridgehead atoms. The van der Waals surface area contributed by atoms with E-state index in [9.17, 15) is 17.6 Å². The monoisotopic (exact) mass is 183 g/mol. The molecule has 0 radical (unpaired) electrons. The Bertz CT molecular complexity index is 178. The Balaban J connectivity index is 2.56. The Kier molecular flexibility index (Phi) is 2.59. The lowest BCUT2D eigenvalue weighted by molar-refractivity contribution is -0.0828. The lowest BCUT2D eigenvalue weighted by Gasteiger charge is -2.14. The third-order valence-corrected chi connectivity index (χ3v) is 1.69. The zero-order valence-electron chi connectivity index (χ0n) is 6.36. The van der Waals surface area contributed by atoms with E-state index in [2.05, 4.69) is 0 Å². The van der Waals surface area contributed by atoms with Crippen LogP contribution in [-0.4, -0.2) is 24.2 Å². The Labute approximate surface area is 67.7 Å². The summed E-state index contributed by atoms with van der Waals surface area (Å²) in [5.41, 5.74) is 0. The number of nitrogens with zero attached hydrogens (tertiary/aromatic N) is 1. The van der Waals surface area contributed by atoms with Crippen molar-refractivity contribution in [3.63, 3.8) is 0 Å². The molecule has 1 aliphatic heterocycles. The van der Waals surface area contributed by atoms with E-state index in [1.807, 2.05) is 0 Å². The summed E-state index contributed by atoms with van der Waals surface area (Å²) >= 11 is 0. The normalized spacial score (nSPS) is 20.3. The maximum Gasteiger partial charge on any atom is 0.414 e. The van der Waals surface area contributed by atoms with Crippen LogP contribution in [0.2, 0.25) is 0 Å². The van der Waals surface area contributed by atoms with E-state index in [-0.39, 0.29) is 6.08 Å². The first-order valence-corrected chi connectivity index (χ1v) is 3.69. The first kappa shape index (κ1) is 9.35. The summed E-state index contributed by atoms with van der Waals surface area (Å²) < 4.78 is 47.5. The van der Waals surface area contributed by atoms with Crippen LogP contribution in [0.25, 0.3) is 0 Å². The van der Waals surface area contributed by atoms with E-state index >= 15 is 0 Å². The van der Waals surface area contributed by atoms with Crippen molar-refractivity contribution in [3.8, 4) is 0 Å². The molecule has 1 fully saturated rings. The summed E-state index contributed by atoms with van der Waals surface area (Å²) in [4.78, 5) is 1.10. The van der Waals surface area contributed by atoms with Crippen molar-refractivity contribution in [1.29, 1.82) is 0 Å². The first-order valence-electron chi connectivity index (χ1n) is 3.69. The van der Waals surface area contributed by atoms with Gasteiger partial charge in [-0.3, -0.25) is 0 Å². The van der Waals surface area contributed by atoms with Gasteiger partial charge >= 0.3 is 6.18 Å². The molecule has 5 heteroatoms. The van der Waals surface area contributed by atoms with Gasteiger partial charge in [-0.05, 0) is 12.8 Å². The molecular formula is C7H9F4N. The van der Waals surface area contributed by atoms with E-state index < -0.39 is 12.1 Å². The molecule has 12 heavy (non-hydrogen) atoms. The highest BCUT2D eigenvalue weighted by Gasteiger charge is 2.27. The van der Waals surface area contributed by atoms with Crippen molar-refractivity contribution in [3.05, 3.63) is 12.0 Å². The van der Waals surface area contributed by atoms with Gasteiger partial charge < -0.3 is 4.90 Å². The van der Waals surface area contributed by atoms with E-state index in [1.165, 1.54) is 0 Å². The van der Waals surface area contributed by atoms with Gasteiger partial charge in [-0.15, -0.1) is 0 Å². The van der Waals surface area contributed by atoms with Crippen LogP contribution in [0.4, 0.5) is 17.6 Å². The summed E-state index contributed by atoms with van der Waals surface area (Å²) in [7, 11) is 0. The number of hydrogen-bond acceptors (Lipinski definition) is 1. The Morgan fingerprint density at radius 2 is 1.67 bits per heavy atom. The molecule has 1 aliphatic rings. The summed E-state index contributed by atoms with van der Waals surface area (Å²) in [6.45, 7) is 0.775.